The molecule has 1 aliphatic rings. The van der Waals surface area contributed by atoms with E-state index in [2.05, 4.69) is 23.6 Å². The predicted molar refractivity (Wildman–Crippen MR) is 175 cm³/mol. The molecular weight excluding hydrogens is 594 g/mol. The Labute approximate surface area is 269 Å². The van der Waals surface area contributed by atoms with E-state index in [1.165, 1.54) is 13.2 Å². The summed E-state index contributed by atoms with van der Waals surface area (Å²) in [7, 11) is 3.07. The van der Waals surface area contributed by atoms with E-state index in [0.29, 0.717) is 42.9 Å². The van der Waals surface area contributed by atoms with Crippen LogP contribution in [0.25, 0.3) is 11.1 Å². The van der Waals surface area contributed by atoms with Crippen molar-refractivity contribution in [3.05, 3.63) is 93.5 Å². The lowest BCUT2D eigenvalue weighted by molar-refractivity contribution is -0.0563. The van der Waals surface area contributed by atoms with Crippen LogP contribution >= 0.6 is 11.6 Å². The number of halogens is 1. The highest BCUT2D eigenvalue weighted by atomic mass is 35.5. The van der Waals surface area contributed by atoms with E-state index in [1.54, 1.807) is 30.1 Å². The second-order valence-corrected chi connectivity index (χ2v) is 11.9. The minimum Gasteiger partial charge on any atom is -0.478 e. The Kier molecular flexibility index (Phi) is 11.6. The number of aliphatic hydroxyl groups is 1. The number of carbonyl (C=O) groups is 3. The summed E-state index contributed by atoms with van der Waals surface area (Å²) in [6, 6.07) is 18.4. The van der Waals surface area contributed by atoms with E-state index in [0.717, 1.165) is 28.7 Å². The van der Waals surface area contributed by atoms with Gasteiger partial charge in [0.15, 0.2) is 0 Å². The maximum atomic E-state index is 13.9. The van der Waals surface area contributed by atoms with Crippen molar-refractivity contribution in [1.29, 1.82) is 0 Å². The summed E-state index contributed by atoms with van der Waals surface area (Å²) in [5.74, 6) is -1.95. The molecule has 240 valence electrons. The van der Waals surface area contributed by atoms with Gasteiger partial charge in [0, 0.05) is 42.7 Å². The number of alkyl carbamates (subject to hydrolysis) is 1. The summed E-state index contributed by atoms with van der Waals surface area (Å²) >= 11 is 6.86. The summed E-state index contributed by atoms with van der Waals surface area (Å²) in [4.78, 5) is 39.4. The van der Waals surface area contributed by atoms with E-state index < -0.39 is 23.6 Å². The summed E-state index contributed by atoms with van der Waals surface area (Å²) in [5.41, 5.74) is 2.81. The van der Waals surface area contributed by atoms with Crippen molar-refractivity contribution in [3.63, 3.8) is 0 Å². The molecular formula is C35H42ClN3O6. The number of hydrogen-bond acceptors (Lipinski definition) is 6. The third kappa shape index (κ3) is 7.84. The predicted octanol–water partition coefficient (Wildman–Crippen LogP) is 5.86. The van der Waals surface area contributed by atoms with Gasteiger partial charge in [-0.3, -0.25) is 4.79 Å². The van der Waals surface area contributed by atoms with Crippen molar-refractivity contribution in [2.75, 3.05) is 33.8 Å². The zero-order chi connectivity index (χ0) is 32.6. The highest BCUT2D eigenvalue weighted by Crippen LogP contribution is 2.46. The summed E-state index contributed by atoms with van der Waals surface area (Å²) in [5, 5.41) is 28.9. The molecule has 3 aromatic carbocycles. The Morgan fingerprint density at radius 1 is 1.07 bits per heavy atom. The van der Waals surface area contributed by atoms with Crippen LogP contribution in [-0.4, -0.2) is 66.9 Å². The van der Waals surface area contributed by atoms with Crippen molar-refractivity contribution in [1.82, 2.24) is 15.5 Å². The molecule has 1 aliphatic heterocycles. The molecule has 2 amide bonds. The van der Waals surface area contributed by atoms with E-state index in [4.69, 9.17) is 16.3 Å². The van der Waals surface area contributed by atoms with Crippen molar-refractivity contribution in [3.8, 4) is 11.1 Å². The second-order valence-electron chi connectivity index (χ2n) is 11.5. The highest BCUT2D eigenvalue weighted by molar-refractivity contribution is 6.33. The number of rotatable bonds is 12. The van der Waals surface area contributed by atoms with Gasteiger partial charge in [0.2, 0.25) is 0 Å². The molecule has 1 saturated heterocycles. The quantitative estimate of drug-likeness (QED) is 0.183. The monoisotopic (exact) mass is 635 g/mol. The van der Waals surface area contributed by atoms with Gasteiger partial charge in [-0.1, -0.05) is 61.0 Å². The third-order valence-corrected chi connectivity index (χ3v) is 8.92. The largest absolute Gasteiger partial charge is 0.478 e. The molecule has 3 aromatic rings. The number of aryl methyl sites for hydroxylation is 1. The van der Waals surface area contributed by atoms with Gasteiger partial charge in [0.05, 0.1) is 23.8 Å². The van der Waals surface area contributed by atoms with Crippen molar-refractivity contribution in [2.24, 2.45) is 5.92 Å². The molecule has 1 fully saturated rings. The van der Waals surface area contributed by atoms with Crippen molar-refractivity contribution in [2.45, 2.75) is 51.2 Å². The molecule has 4 N–H and O–H groups in total. The van der Waals surface area contributed by atoms with Gasteiger partial charge in [-0.05, 0) is 79.6 Å². The zero-order valence-corrected chi connectivity index (χ0v) is 26.8. The molecule has 10 heteroatoms. The first-order valence-electron chi connectivity index (χ1n) is 15.4. The number of piperidine rings is 1. The van der Waals surface area contributed by atoms with Gasteiger partial charge < -0.3 is 30.5 Å². The first kappa shape index (κ1) is 34.0. The maximum absolute atomic E-state index is 13.9. The Morgan fingerprint density at radius 2 is 1.84 bits per heavy atom. The number of nitrogens with zero attached hydrogens (tertiary/aromatic N) is 1. The number of ether oxygens (including phenoxy) is 1. The van der Waals surface area contributed by atoms with E-state index in [1.807, 2.05) is 30.3 Å². The lowest BCUT2D eigenvalue weighted by Gasteiger charge is -2.44. The number of benzene rings is 3. The molecule has 45 heavy (non-hydrogen) atoms. The molecule has 0 aliphatic carbocycles. The van der Waals surface area contributed by atoms with Crippen LogP contribution in [0, 0.1) is 5.92 Å². The topological polar surface area (TPSA) is 128 Å². The van der Waals surface area contributed by atoms with Crippen LogP contribution in [0.2, 0.25) is 5.02 Å². The number of methoxy groups -OCH3 is 1. The number of carbonyl (C=O) groups excluding carboxylic acids is 2. The Morgan fingerprint density at radius 3 is 2.56 bits per heavy atom. The Hall–Kier alpha value is -3.92. The number of likely N-dealkylation sites (tertiary alicyclic amines) is 1. The molecule has 1 heterocycles. The molecule has 0 saturated carbocycles. The molecule has 2 atom stereocenters. The minimum absolute atomic E-state index is 0.0491. The standard InChI is InChI=1S/C35H42ClN3O6/c1-4-23-9-5-10-25(19-23)31-29(12-6-13-30(31)36)35(44,16-8-17-38-34(43)45-3)26-11-7-18-39(22-26)32(40)27-15-14-24(21-37-2)20-28(27)33(41)42/h5-6,9-10,12-15,19-20,26,37,44H,4,7-8,11,16-18,21-22H2,1-3H3,(H,38,43)(H,41,42)/t26-,35+/m1/s1. The molecule has 0 unspecified atom stereocenters. The zero-order valence-electron chi connectivity index (χ0n) is 26.1. The third-order valence-electron chi connectivity index (χ3n) is 8.60. The molecule has 0 bridgehead atoms. The van der Waals surface area contributed by atoms with Crippen molar-refractivity contribution >= 4 is 29.6 Å². The van der Waals surface area contributed by atoms with Crippen LogP contribution in [-0.2, 0) is 23.3 Å². The highest BCUT2D eigenvalue weighted by Gasteiger charge is 2.43. The average Bonchev–Trinajstić information content (AvgIpc) is 3.06. The van der Waals surface area contributed by atoms with Crippen LogP contribution in [0.3, 0.4) is 0 Å². The summed E-state index contributed by atoms with van der Waals surface area (Å²) in [6.07, 6.45) is 2.27. The second kappa shape index (κ2) is 15.4. The smallest absolute Gasteiger partial charge is 0.406 e. The van der Waals surface area contributed by atoms with Gasteiger partial charge in [-0.2, -0.15) is 0 Å². The molecule has 9 nitrogen and oxygen atoms in total. The lowest BCUT2D eigenvalue weighted by Crippen LogP contribution is -2.48. The number of amides is 2. The number of aromatic carboxylic acids is 1. The first-order chi connectivity index (χ1) is 21.6. The van der Waals surface area contributed by atoms with E-state index in [9.17, 15) is 24.6 Å². The number of nitrogens with one attached hydrogen (secondary N) is 2. The maximum Gasteiger partial charge on any atom is 0.406 e. The molecule has 4 rings (SSSR count). The Bertz CT molecular complexity index is 1530. The fourth-order valence-corrected chi connectivity index (χ4v) is 6.58. The van der Waals surface area contributed by atoms with Crippen LogP contribution in [0.1, 0.15) is 70.0 Å². The van der Waals surface area contributed by atoms with Crippen LogP contribution in [0.15, 0.2) is 60.7 Å². The van der Waals surface area contributed by atoms with Gasteiger partial charge in [0.25, 0.3) is 5.91 Å². The van der Waals surface area contributed by atoms with Crippen LogP contribution in [0.4, 0.5) is 4.79 Å². The van der Waals surface area contributed by atoms with Crippen LogP contribution < -0.4 is 10.6 Å². The van der Waals surface area contributed by atoms with Crippen LogP contribution in [0.5, 0.6) is 0 Å². The fourth-order valence-electron chi connectivity index (χ4n) is 6.29. The first-order valence-corrected chi connectivity index (χ1v) is 15.7. The molecule has 0 radical (unpaired) electrons. The Balaban J connectivity index is 1.73. The number of carboxylic acids is 1. The fraction of sp³-hybridized carbons (Fsp3) is 0.400. The molecule has 0 spiro atoms. The minimum atomic E-state index is -1.43. The van der Waals surface area contributed by atoms with E-state index >= 15 is 0 Å². The molecule has 0 aromatic heterocycles. The SMILES string of the molecule is CCc1cccc(-c2c(Cl)cccc2[C@](O)(CCCNC(=O)OC)[C@@H]2CCCN(C(=O)c3ccc(CNC)cc3C(=O)O)C2)c1. The number of hydrogen-bond donors (Lipinski definition) is 4. The summed E-state index contributed by atoms with van der Waals surface area (Å²) < 4.78 is 4.71. The van der Waals surface area contributed by atoms with Gasteiger partial charge in [-0.15, -0.1) is 0 Å². The van der Waals surface area contributed by atoms with Crippen molar-refractivity contribution < 1.29 is 29.3 Å². The average molecular weight is 636 g/mol. The summed E-state index contributed by atoms with van der Waals surface area (Å²) in [6.45, 7) is 3.49. The van der Waals surface area contributed by atoms with E-state index in [-0.39, 0.29) is 36.5 Å². The van der Waals surface area contributed by atoms with Gasteiger partial charge >= 0.3 is 12.1 Å². The normalized spacial score (nSPS) is 16.1. The van der Waals surface area contributed by atoms with Gasteiger partial charge in [-0.25, -0.2) is 9.59 Å². The van der Waals surface area contributed by atoms with Gasteiger partial charge in [0.1, 0.15) is 0 Å². The lowest BCUT2D eigenvalue weighted by atomic mass is 9.72. The number of carboxylic acid groups (broad SMARTS) is 1.